The first-order valence-corrected chi connectivity index (χ1v) is 8.47. The number of hydrogen-bond acceptors (Lipinski definition) is 5. The molecule has 0 saturated heterocycles. The van der Waals surface area contributed by atoms with Crippen molar-refractivity contribution in [1.29, 1.82) is 0 Å². The zero-order valence-corrected chi connectivity index (χ0v) is 14.9. The van der Waals surface area contributed by atoms with Gasteiger partial charge in [0.25, 0.3) is 0 Å². The van der Waals surface area contributed by atoms with E-state index in [0.29, 0.717) is 16.8 Å². The number of aryl methyl sites for hydroxylation is 1. The van der Waals surface area contributed by atoms with Gasteiger partial charge < -0.3 is 10.5 Å². The van der Waals surface area contributed by atoms with Gasteiger partial charge in [-0.15, -0.1) is 0 Å². The smallest absolute Gasteiger partial charge is 0.166 e. The summed E-state index contributed by atoms with van der Waals surface area (Å²) in [6.07, 6.45) is 4.58. The van der Waals surface area contributed by atoms with Crippen molar-refractivity contribution in [3.05, 3.63) is 66.4 Å². The van der Waals surface area contributed by atoms with Gasteiger partial charge in [0.15, 0.2) is 11.6 Å². The van der Waals surface area contributed by atoms with Crippen LogP contribution in [0.2, 0.25) is 0 Å². The Morgan fingerprint density at radius 2 is 2.00 bits per heavy atom. The molecule has 3 heterocycles. The minimum Gasteiger partial charge on any atom is -0.482 e. The largest absolute Gasteiger partial charge is 0.482 e. The molecular weight excluding hydrogens is 345 g/mol. The van der Waals surface area contributed by atoms with Crippen LogP contribution in [0.4, 0.5) is 10.2 Å². The van der Waals surface area contributed by atoms with Crippen LogP contribution in [0.15, 0.2) is 55.0 Å². The lowest BCUT2D eigenvalue weighted by Crippen LogP contribution is -2.08. The van der Waals surface area contributed by atoms with Crippen LogP contribution in [-0.4, -0.2) is 19.7 Å². The molecule has 0 bridgehead atoms. The summed E-state index contributed by atoms with van der Waals surface area (Å²) in [7, 11) is 1.85. The molecule has 1 atom stereocenters. The fourth-order valence-electron chi connectivity index (χ4n) is 3.09. The highest BCUT2D eigenvalue weighted by atomic mass is 19.1. The van der Waals surface area contributed by atoms with Gasteiger partial charge in [-0.05, 0) is 37.3 Å². The van der Waals surface area contributed by atoms with Gasteiger partial charge >= 0.3 is 0 Å². The van der Waals surface area contributed by atoms with E-state index in [1.807, 2.05) is 32.2 Å². The lowest BCUT2D eigenvalue weighted by molar-refractivity contribution is 0.228. The normalized spacial score (nSPS) is 12.3. The highest BCUT2D eigenvalue weighted by molar-refractivity contribution is 5.82. The average Bonchev–Trinajstić information content (AvgIpc) is 3.08. The third-order valence-corrected chi connectivity index (χ3v) is 4.44. The van der Waals surface area contributed by atoms with E-state index in [0.717, 1.165) is 16.6 Å². The molecule has 2 N–H and O–H groups in total. The summed E-state index contributed by atoms with van der Waals surface area (Å²) in [5.74, 6) is 0.353. The number of aromatic nitrogens is 4. The third-order valence-electron chi connectivity index (χ3n) is 4.44. The molecule has 4 rings (SSSR count). The number of pyridine rings is 2. The van der Waals surface area contributed by atoms with Gasteiger partial charge in [0.2, 0.25) is 0 Å². The van der Waals surface area contributed by atoms with Crippen molar-refractivity contribution in [3.8, 4) is 17.0 Å². The van der Waals surface area contributed by atoms with Crippen molar-refractivity contribution in [2.45, 2.75) is 13.0 Å². The molecule has 6 nitrogen and oxygen atoms in total. The van der Waals surface area contributed by atoms with Crippen molar-refractivity contribution in [2.24, 2.45) is 7.05 Å². The molecule has 0 aliphatic heterocycles. The second-order valence-electron chi connectivity index (χ2n) is 6.28. The number of hydrogen-bond donors (Lipinski definition) is 1. The van der Waals surface area contributed by atoms with Crippen LogP contribution in [0.25, 0.3) is 22.2 Å². The minimum absolute atomic E-state index is 0.265. The Hall–Kier alpha value is -3.48. The molecule has 0 amide bonds. The summed E-state index contributed by atoms with van der Waals surface area (Å²) in [5, 5.41) is 4.88. The van der Waals surface area contributed by atoms with E-state index in [1.165, 1.54) is 12.1 Å². The maximum absolute atomic E-state index is 14.0. The highest BCUT2D eigenvalue weighted by Crippen LogP contribution is 2.32. The van der Waals surface area contributed by atoms with Crippen molar-refractivity contribution in [2.75, 3.05) is 5.73 Å². The van der Waals surface area contributed by atoms with Crippen molar-refractivity contribution in [3.63, 3.8) is 0 Å². The van der Waals surface area contributed by atoms with Crippen LogP contribution < -0.4 is 10.5 Å². The summed E-state index contributed by atoms with van der Waals surface area (Å²) in [4.78, 5) is 8.60. The summed E-state index contributed by atoms with van der Waals surface area (Å²) in [6.45, 7) is 1.83. The highest BCUT2D eigenvalue weighted by Gasteiger charge is 2.17. The standard InChI is InChI=1S/C20H18FN5O/c1-12(16-10-15(21)8-13-4-3-6-23-19(13)16)27-18-9-14(11-24-20(18)22)17-5-7-25-26(17)2/h3-12H,1-2H3,(H2,22,24). The van der Waals surface area contributed by atoms with Gasteiger partial charge in [0, 0.05) is 42.2 Å². The number of nitrogens with zero attached hydrogens (tertiary/aromatic N) is 4. The fraction of sp³-hybridized carbons (Fsp3) is 0.150. The molecule has 27 heavy (non-hydrogen) atoms. The van der Waals surface area contributed by atoms with Crippen LogP contribution >= 0.6 is 0 Å². The van der Waals surface area contributed by atoms with E-state index in [1.54, 1.807) is 29.3 Å². The summed E-state index contributed by atoms with van der Waals surface area (Å²) in [6, 6.07) is 10.2. The predicted octanol–water partition coefficient (Wildman–Crippen LogP) is 3.89. The van der Waals surface area contributed by atoms with E-state index < -0.39 is 6.10 Å². The van der Waals surface area contributed by atoms with Crippen molar-refractivity contribution < 1.29 is 9.13 Å². The first-order chi connectivity index (χ1) is 13.0. The number of anilines is 1. The molecule has 1 aromatic carbocycles. The second-order valence-corrected chi connectivity index (χ2v) is 6.28. The molecule has 0 spiro atoms. The summed E-state index contributed by atoms with van der Waals surface area (Å²) < 4.78 is 21.8. The zero-order chi connectivity index (χ0) is 19.0. The molecule has 0 aliphatic carbocycles. The average molecular weight is 363 g/mol. The van der Waals surface area contributed by atoms with E-state index in [4.69, 9.17) is 10.5 Å². The molecule has 0 aliphatic rings. The monoisotopic (exact) mass is 363 g/mol. The number of fused-ring (bicyclic) bond motifs is 1. The van der Waals surface area contributed by atoms with Gasteiger partial charge in [-0.2, -0.15) is 5.10 Å². The fourth-order valence-corrected chi connectivity index (χ4v) is 3.09. The van der Waals surface area contributed by atoms with E-state index >= 15 is 0 Å². The zero-order valence-electron chi connectivity index (χ0n) is 14.9. The molecule has 0 radical (unpaired) electrons. The first-order valence-electron chi connectivity index (χ1n) is 8.47. The lowest BCUT2D eigenvalue weighted by atomic mass is 10.1. The van der Waals surface area contributed by atoms with E-state index in [2.05, 4.69) is 15.1 Å². The number of rotatable bonds is 4. The van der Waals surface area contributed by atoms with Gasteiger partial charge in [-0.1, -0.05) is 6.07 Å². The predicted molar refractivity (Wildman–Crippen MR) is 102 cm³/mol. The van der Waals surface area contributed by atoms with Gasteiger partial charge in [-0.3, -0.25) is 9.67 Å². The third kappa shape index (κ3) is 3.19. The molecule has 7 heteroatoms. The molecule has 0 saturated carbocycles. The Bertz CT molecular complexity index is 1120. The topological polar surface area (TPSA) is 78.8 Å². The Labute approximate surface area is 155 Å². The van der Waals surface area contributed by atoms with Crippen LogP contribution in [0.3, 0.4) is 0 Å². The van der Waals surface area contributed by atoms with Crippen LogP contribution in [0.1, 0.15) is 18.6 Å². The molecule has 136 valence electrons. The van der Waals surface area contributed by atoms with Crippen LogP contribution in [0, 0.1) is 5.82 Å². The van der Waals surface area contributed by atoms with Crippen LogP contribution in [0.5, 0.6) is 5.75 Å². The molecule has 1 unspecified atom stereocenters. The van der Waals surface area contributed by atoms with Crippen molar-refractivity contribution in [1.82, 2.24) is 19.7 Å². The number of halogens is 1. The number of ether oxygens (including phenoxy) is 1. The number of benzene rings is 1. The molecule has 4 aromatic rings. The molecular formula is C20H18FN5O. The number of nitrogen functional groups attached to an aromatic ring is 1. The Balaban J connectivity index is 1.72. The van der Waals surface area contributed by atoms with Gasteiger partial charge in [-0.25, -0.2) is 9.37 Å². The van der Waals surface area contributed by atoms with E-state index in [-0.39, 0.29) is 11.6 Å². The Morgan fingerprint density at radius 1 is 1.15 bits per heavy atom. The molecule has 0 fully saturated rings. The summed E-state index contributed by atoms with van der Waals surface area (Å²) in [5.41, 5.74) is 9.06. The van der Waals surface area contributed by atoms with E-state index in [9.17, 15) is 4.39 Å². The van der Waals surface area contributed by atoms with Crippen molar-refractivity contribution >= 4 is 16.7 Å². The maximum Gasteiger partial charge on any atom is 0.166 e. The van der Waals surface area contributed by atoms with Gasteiger partial charge in [0.05, 0.1) is 11.2 Å². The van der Waals surface area contributed by atoms with Crippen LogP contribution in [-0.2, 0) is 7.05 Å². The Kier molecular flexibility index (Phi) is 4.19. The molecule has 3 aromatic heterocycles. The maximum atomic E-state index is 14.0. The quantitative estimate of drug-likeness (QED) is 0.595. The Morgan fingerprint density at radius 3 is 2.78 bits per heavy atom. The SMILES string of the molecule is CC(Oc1cc(-c2ccnn2C)cnc1N)c1cc(F)cc2cccnc12. The minimum atomic E-state index is -0.469. The summed E-state index contributed by atoms with van der Waals surface area (Å²) >= 11 is 0. The lowest BCUT2D eigenvalue weighted by Gasteiger charge is -2.18. The number of nitrogens with two attached hydrogens (primary N) is 1. The second kappa shape index (κ2) is 6.68. The first kappa shape index (κ1) is 17.0. The van der Waals surface area contributed by atoms with Gasteiger partial charge in [0.1, 0.15) is 11.9 Å².